The van der Waals surface area contributed by atoms with E-state index in [1.807, 2.05) is 42.5 Å². The molecular weight excluding hydrogens is 408 g/mol. The van der Waals surface area contributed by atoms with E-state index in [4.69, 9.17) is 9.72 Å². The Hall–Kier alpha value is -2.64. The molecule has 162 valence electrons. The number of hydrogen-bond acceptors (Lipinski definition) is 6. The van der Waals surface area contributed by atoms with Gasteiger partial charge in [0.1, 0.15) is 5.75 Å². The van der Waals surface area contributed by atoms with Crippen LogP contribution in [-0.4, -0.2) is 54.6 Å². The summed E-state index contributed by atoms with van der Waals surface area (Å²) in [6.07, 6.45) is 0.776. The van der Waals surface area contributed by atoms with Crippen molar-refractivity contribution in [1.82, 2.24) is 15.2 Å². The zero-order chi connectivity index (χ0) is 21.4. The summed E-state index contributed by atoms with van der Waals surface area (Å²) in [5.41, 5.74) is 2.68. The maximum absolute atomic E-state index is 13.0. The fourth-order valence-electron chi connectivity index (χ4n) is 4.35. The number of anilines is 1. The van der Waals surface area contributed by atoms with Crippen molar-refractivity contribution in [3.05, 3.63) is 53.6 Å². The molecule has 31 heavy (non-hydrogen) atoms. The molecule has 1 atom stereocenters. The zero-order valence-electron chi connectivity index (χ0n) is 18.0. The number of thiazole rings is 1. The summed E-state index contributed by atoms with van der Waals surface area (Å²) in [6.45, 7) is 9.23. The molecule has 3 heterocycles. The van der Waals surface area contributed by atoms with Gasteiger partial charge in [0.05, 0.1) is 22.9 Å². The lowest BCUT2D eigenvalue weighted by Gasteiger charge is -2.36. The summed E-state index contributed by atoms with van der Waals surface area (Å²) in [5.74, 6) is 0.809. The first-order valence-corrected chi connectivity index (χ1v) is 11.8. The molecule has 0 spiro atoms. The molecule has 2 aliphatic rings. The van der Waals surface area contributed by atoms with E-state index in [1.54, 1.807) is 11.3 Å². The second-order valence-corrected chi connectivity index (χ2v) is 9.51. The normalized spacial score (nSPS) is 19.3. The lowest BCUT2D eigenvalue weighted by Crippen LogP contribution is -2.48. The summed E-state index contributed by atoms with van der Waals surface area (Å²) in [5, 5.41) is 4.24. The van der Waals surface area contributed by atoms with Crippen LogP contribution in [0.2, 0.25) is 0 Å². The van der Waals surface area contributed by atoms with Gasteiger partial charge in [0.2, 0.25) is 0 Å². The Morgan fingerprint density at radius 3 is 2.77 bits per heavy atom. The predicted molar refractivity (Wildman–Crippen MR) is 125 cm³/mol. The molecule has 5 rings (SSSR count). The van der Waals surface area contributed by atoms with E-state index in [0.717, 1.165) is 59.3 Å². The number of benzene rings is 2. The van der Waals surface area contributed by atoms with Crippen molar-refractivity contribution in [2.45, 2.75) is 32.4 Å². The Labute approximate surface area is 186 Å². The number of amides is 1. The number of nitrogens with one attached hydrogen (secondary N) is 1. The minimum absolute atomic E-state index is 0.0255. The van der Waals surface area contributed by atoms with Crippen molar-refractivity contribution in [3.8, 4) is 5.75 Å². The first-order chi connectivity index (χ1) is 15.1. The number of piperazine rings is 1. The van der Waals surface area contributed by atoms with Crippen LogP contribution in [0.15, 0.2) is 42.5 Å². The summed E-state index contributed by atoms with van der Waals surface area (Å²) in [4.78, 5) is 22.7. The number of nitrogens with zero attached hydrogens (tertiary/aromatic N) is 3. The van der Waals surface area contributed by atoms with Crippen LogP contribution in [0, 0.1) is 0 Å². The van der Waals surface area contributed by atoms with Crippen LogP contribution < -0.4 is 15.0 Å². The number of ether oxygens (including phenoxy) is 1. The van der Waals surface area contributed by atoms with Gasteiger partial charge < -0.3 is 15.0 Å². The number of para-hydroxylation sites is 1. The molecule has 0 saturated carbocycles. The fourth-order valence-corrected chi connectivity index (χ4v) is 5.41. The highest BCUT2D eigenvalue weighted by atomic mass is 32.1. The first-order valence-electron chi connectivity index (χ1n) is 11.0. The Morgan fingerprint density at radius 1 is 1.16 bits per heavy atom. The number of hydrogen-bond donors (Lipinski definition) is 1. The second-order valence-electron chi connectivity index (χ2n) is 8.50. The average molecular weight is 437 g/mol. The highest BCUT2D eigenvalue weighted by molar-refractivity contribution is 7.22. The van der Waals surface area contributed by atoms with E-state index in [0.29, 0.717) is 18.2 Å². The van der Waals surface area contributed by atoms with Gasteiger partial charge >= 0.3 is 0 Å². The summed E-state index contributed by atoms with van der Waals surface area (Å²) in [6, 6.07) is 14.3. The van der Waals surface area contributed by atoms with E-state index in [1.165, 1.54) is 0 Å². The summed E-state index contributed by atoms with van der Waals surface area (Å²) < 4.78 is 6.77. The first kappa shape index (κ1) is 20.3. The monoisotopic (exact) mass is 436 g/mol. The Morgan fingerprint density at radius 2 is 1.97 bits per heavy atom. The number of rotatable bonds is 4. The van der Waals surface area contributed by atoms with Crippen molar-refractivity contribution >= 4 is 32.6 Å². The van der Waals surface area contributed by atoms with E-state index in [-0.39, 0.29) is 11.9 Å². The van der Waals surface area contributed by atoms with Crippen molar-refractivity contribution in [3.63, 3.8) is 0 Å². The molecule has 7 heteroatoms. The van der Waals surface area contributed by atoms with E-state index in [2.05, 4.69) is 29.0 Å². The number of fused-ring (bicyclic) bond motifs is 2. The minimum Gasteiger partial charge on any atom is -0.493 e. The van der Waals surface area contributed by atoms with Crippen LogP contribution in [0.5, 0.6) is 5.75 Å². The van der Waals surface area contributed by atoms with Crippen molar-refractivity contribution in [2.24, 2.45) is 0 Å². The Balaban J connectivity index is 1.31. The van der Waals surface area contributed by atoms with Gasteiger partial charge in [-0.1, -0.05) is 29.5 Å². The Bertz CT molecular complexity index is 1090. The summed E-state index contributed by atoms with van der Waals surface area (Å²) >= 11 is 1.68. The zero-order valence-corrected chi connectivity index (χ0v) is 18.8. The fraction of sp³-hybridized carbons (Fsp3) is 0.417. The van der Waals surface area contributed by atoms with Gasteiger partial charge in [-0.05, 0) is 38.1 Å². The predicted octanol–water partition coefficient (Wildman–Crippen LogP) is 4.08. The van der Waals surface area contributed by atoms with Gasteiger partial charge in [-0.15, -0.1) is 0 Å². The molecule has 0 aliphatic carbocycles. The highest BCUT2D eigenvalue weighted by Gasteiger charge is 2.24. The maximum atomic E-state index is 13.0. The van der Waals surface area contributed by atoms with Gasteiger partial charge in [-0.25, -0.2) is 4.98 Å². The molecule has 3 aromatic rings. The number of carbonyl (C=O) groups is 1. The molecule has 1 fully saturated rings. The van der Waals surface area contributed by atoms with E-state index >= 15 is 0 Å². The molecule has 1 N–H and O–H groups in total. The van der Waals surface area contributed by atoms with Crippen molar-refractivity contribution in [1.29, 1.82) is 0 Å². The SMILES string of the molecule is CC(C)N1CCN(c2nc3ccc(C(=O)NC4CCOc5ccccc54)cc3s2)CC1. The van der Waals surface area contributed by atoms with Crippen molar-refractivity contribution in [2.75, 3.05) is 37.7 Å². The van der Waals surface area contributed by atoms with Crippen LogP contribution in [-0.2, 0) is 0 Å². The smallest absolute Gasteiger partial charge is 0.251 e. The van der Waals surface area contributed by atoms with E-state index < -0.39 is 0 Å². The molecule has 0 radical (unpaired) electrons. The molecule has 1 aromatic heterocycles. The topological polar surface area (TPSA) is 57.7 Å². The van der Waals surface area contributed by atoms with Crippen LogP contribution in [0.25, 0.3) is 10.2 Å². The third-order valence-corrected chi connectivity index (χ3v) is 7.30. The van der Waals surface area contributed by atoms with Crippen molar-refractivity contribution < 1.29 is 9.53 Å². The largest absolute Gasteiger partial charge is 0.493 e. The maximum Gasteiger partial charge on any atom is 0.251 e. The van der Waals surface area contributed by atoms with E-state index in [9.17, 15) is 4.79 Å². The van der Waals surface area contributed by atoms with Crippen LogP contribution in [0.4, 0.5) is 5.13 Å². The summed E-state index contributed by atoms with van der Waals surface area (Å²) in [7, 11) is 0. The lowest BCUT2D eigenvalue weighted by molar-refractivity contribution is 0.0925. The third kappa shape index (κ3) is 4.12. The van der Waals surface area contributed by atoms with Gasteiger partial charge in [0.25, 0.3) is 5.91 Å². The average Bonchev–Trinajstić information content (AvgIpc) is 3.23. The van der Waals surface area contributed by atoms with Crippen LogP contribution >= 0.6 is 11.3 Å². The molecular formula is C24H28N4O2S. The minimum atomic E-state index is -0.0518. The van der Waals surface area contributed by atoms with Gasteiger partial charge in [0.15, 0.2) is 5.13 Å². The molecule has 2 aromatic carbocycles. The number of carbonyl (C=O) groups excluding carboxylic acids is 1. The third-order valence-electron chi connectivity index (χ3n) is 6.22. The standard InChI is InChI=1S/C24H28N4O2S/c1-16(2)27-10-12-28(13-11-27)24-26-20-8-7-17(15-22(20)31-24)23(29)25-19-9-14-30-21-6-4-3-5-18(19)21/h3-8,15-16,19H,9-14H2,1-2H3,(H,25,29). The molecule has 0 bridgehead atoms. The molecule has 2 aliphatic heterocycles. The van der Waals surface area contributed by atoms with Crippen LogP contribution in [0.1, 0.15) is 42.2 Å². The Kier molecular flexibility index (Phi) is 5.54. The molecule has 1 saturated heterocycles. The quantitative estimate of drug-likeness (QED) is 0.668. The lowest BCUT2D eigenvalue weighted by atomic mass is 10.00. The highest BCUT2D eigenvalue weighted by Crippen LogP contribution is 2.33. The van der Waals surface area contributed by atoms with Gasteiger partial charge in [-0.3, -0.25) is 9.69 Å². The van der Waals surface area contributed by atoms with Gasteiger partial charge in [-0.2, -0.15) is 0 Å². The molecule has 6 nitrogen and oxygen atoms in total. The second kappa shape index (κ2) is 8.48. The molecule has 1 unspecified atom stereocenters. The van der Waals surface area contributed by atoms with Crippen LogP contribution in [0.3, 0.4) is 0 Å². The number of aromatic nitrogens is 1. The van der Waals surface area contributed by atoms with Gasteiger partial charge in [0, 0.05) is 49.8 Å². The molecule has 1 amide bonds.